The molecule has 0 aliphatic carbocycles. The van der Waals surface area contributed by atoms with Gasteiger partial charge in [-0.05, 0) is 72.1 Å². The van der Waals surface area contributed by atoms with Crippen molar-refractivity contribution in [2.75, 3.05) is 0 Å². The fourth-order valence-electron chi connectivity index (χ4n) is 8.64. The van der Waals surface area contributed by atoms with E-state index in [2.05, 4.69) is 126 Å². The van der Waals surface area contributed by atoms with Crippen LogP contribution in [0, 0.1) is 0 Å². The molecule has 0 atom stereocenters. The van der Waals surface area contributed by atoms with Gasteiger partial charge in [0.25, 0.3) is 0 Å². The first kappa shape index (κ1) is 32.8. The highest BCUT2D eigenvalue weighted by Crippen LogP contribution is 2.41. The Balaban J connectivity index is 0.966. The zero-order valence-electron chi connectivity index (χ0n) is 31.1. The molecule has 0 spiro atoms. The Labute approximate surface area is 337 Å². The van der Waals surface area contributed by atoms with Gasteiger partial charge in [0, 0.05) is 58.4 Å². The Morgan fingerprint density at radius 1 is 0.448 bits per heavy atom. The second-order valence-corrected chi connectivity index (χ2v) is 15.9. The van der Waals surface area contributed by atoms with Gasteiger partial charge in [0.05, 0.1) is 16.7 Å². The first-order chi connectivity index (χ1) is 28.7. The summed E-state index contributed by atoms with van der Waals surface area (Å²) in [6, 6.07) is 64.0. The molecule has 0 radical (unpaired) electrons. The van der Waals surface area contributed by atoms with Gasteiger partial charge in [-0.3, -0.25) is 0 Å². The molecule has 0 aliphatic rings. The lowest BCUT2D eigenvalue weighted by Gasteiger charge is -2.09. The maximum absolute atomic E-state index is 6.72. The summed E-state index contributed by atoms with van der Waals surface area (Å²) in [6.45, 7) is 0. The summed E-state index contributed by atoms with van der Waals surface area (Å²) in [7, 11) is 0. The Hall–Kier alpha value is -7.41. The van der Waals surface area contributed by atoms with Gasteiger partial charge in [-0.15, -0.1) is 11.3 Å². The van der Waals surface area contributed by atoms with Gasteiger partial charge in [-0.1, -0.05) is 127 Å². The standard InChI is InChI=1S/C52H32N4OS/c1-3-13-33(14-4-1)50-53-51(34-15-5-2-6-16-34)55-52(54-50)36-26-28-46-41(31-36)48-35(17-11-24-47(48)58-46)29-32-25-27-45-40(30-32)39-20-12-23-44(49(39)57-45)56-42-21-9-7-18-37(42)38-19-8-10-22-43(38)56/h1-28,30-31H,29H2. The van der Waals surface area contributed by atoms with Crippen LogP contribution in [0.4, 0.5) is 0 Å². The van der Waals surface area contributed by atoms with E-state index in [4.69, 9.17) is 19.4 Å². The van der Waals surface area contributed by atoms with Crippen LogP contribution in [0.1, 0.15) is 11.1 Å². The van der Waals surface area contributed by atoms with Crippen LogP contribution in [0.2, 0.25) is 0 Å². The van der Waals surface area contributed by atoms with Crippen LogP contribution in [-0.2, 0) is 6.42 Å². The minimum absolute atomic E-state index is 0.656. The fourth-order valence-corrected chi connectivity index (χ4v) is 9.78. The van der Waals surface area contributed by atoms with Crippen LogP contribution in [0.25, 0.3) is 104 Å². The molecule has 0 saturated carbocycles. The maximum Gasteiger partial charge on any atom is 0.164 e. The number of benzene rings is 8. The van der Waals surface area contributed by atoms with Crippen molar-refractivity contribution in [2.45, 2.75) is 6.42 Å². The van der Waals surface area contributed by atoms with Gasteiger partial charge >= 0.3 is 0 Å². The van der Waals surface area contributed by atoms with E-state index >= 15 is 0 Å². The maximum atomic E-state index is 6.72. The summed E-state index contributed by atoms with van der Waals surface area (Å²) in [5.74, 6) is 1.97. The molecular weight excluding hydrogens is 729 g/mol. The largest absolute Gasteiger partial charge is 0.454 e. The van der Waals surface area contributed by atoms with Crippen LogP contribution >= 0.6 is 11.3 Å². The Bertz CT molecular complexity index is 3440. The van der Waals surface area contributed by atoms with Crippen molar-refractivity contribution in [3.8, 4) is 39.9 Å². The summed E-state index contributed by atoms with van der Waals surface area (Å²) >= 11 is 1.83. The molecule has 12 aromatic rings. The number of thiophene rings is 1. The van der Waals surface area contributed by atoms with Crippen molar-refractivity contribution >= 4 is 75.3 Å². The monoisotopic (exact) mass is 760 g/mol. The van der Waals surface area contributed by atoms with Gasteiger partial charge in [-0.2, -0.15) is 0 Å². The van der Waals surface area contributed by atoms with Crippen LogP contribution < -0.4 is 0 Å². The number of para-hydroxylation sites is 3. The minimum Gasteiger partial charge on any atom is -0.454 e. The van der Waals surface area contributed by atoms with Crippen molar-refractivity contribution in [1.82, 2.24) is 19.5 Å². The molecule has 0 N–H and O–H groups in total. The van der Waals surface area contributed by atoms with Crippen molar-refractivity contribution < 1.29 is 4.42 Å². The zero-order valence-corrected chi connectivity index (χ0v) is 31.9. The number of hydrogen-bond acceptors (Lipinski definition) is 5. The van der Waals surface area contributed by atoms with E-state index in [-0.39, 0.29) is 0 Å². The molecule has 58 heavy (non-hydrogen) atoms. The predicted molar refractivity (Wildman–Crippen MR) is 240 cm³/mol. The number of rotatable bonds is 6. The molecule has 0 saturated heterocycles. The minimum atomic E-state index is 0.656. The Morgan fingerprint density at radius 3 is 1.78 bits per heavy atom. The van der Waals surface area contributed by atoms with Crippen molar-refractivity contribution in [2.24, 2.45) is 0 Å². The summed E-state index contributed by atoms with van der Waals surface area (Å²) in [6.07, 6.45) is 0.782. The van der Waals surface area contributed by atoms with Crippen LogP contribution in [0.3, 0.4) is 0 Å². The smallest absolute Gasteiger partial charge is 0.164 e. The number of aromatic nitrogens is 4. The van der Waals surface area contributed by atoms with E-state index in [0.29, 0.717) is 17.5 Å². The molecule has 4 heterocycles. The molecule has 0 amide bonds. The van der Waals surface area contributed by atoms with Crippen LogP contribution in [0.5, 0.6) is 0 Å². The lowest BCUT2D eigenvalue weighted by Crippen LogP contribution is -2.00. The molecule has 6 heteroatoms. The average Bonchev–Trinajstić information content (AvgIpc) is 3.96. The fraction of sp³-hybridized carbons (Fsp3) is 0.0192. The molecule has 0 bridgehead atoms. The number of furan rings is 1. The van der Waals surface area contributed by atoms with Crippen molar-refractivity contribution in [1.29, 1.82) is 0 Å². The van der Waals surface area contributed by atoms with Crippen molar-refractivity contribution in [3.05, 3.63) is 193 Å². The highest BCUT2D eigenvalue weighted by atomic mass is 32.1. The summed E-state index contributed by atoms with van der Waals surface area (Å²) in [4.78, 5) is 15.0. The molecular formula is C52H32N4OS. The van der Waals surface area contributed by atoms with Gasteiger partial charge in [-0.25, -0.2) is 15.0 Å². The van der Waals surface area contributed by atoms with Gasteiger partial charge in [0.15, 0.2) is 23.1 Å². The molecule has 0 unspecified atom stereocenters. The lowest BCUT2D eigenvalue weighted by molar-refractivity contribution is 0.666. The van der Waals surface area contributed by atoms with E-state index in [1.54, 1.807) is 0 Å². The summed E-state index contributed by atoms with van der Waals surface area (Å²) in [5, 5.41) is 7.19. The highest BCUT2D eigenvalue weighted by Gasteiger charge is 2.19. The van der Waals surface area contributed by atoms with Gasteiger partial charge < -0.3 is 8.98 Å². The van der Waals surface area contributed by atoms with E-state index < -0.39 is 0 Å². The molecule has 272 valence electrons. The predicted octanol–water partition coefficient (Wildman–Crippen LogP) is 13.8. The van der Waals surface area contributed by atoms with Crippen molar-refractivity contribution in [3.63, 3.8) is 0 Å². The van der Waals surface area contributed by atoms with Gasteiger partial charge in [0.1, 0.15) is 5.58 Å². The third-order valence-electron chi connectivity index (χ3n) is 11.3. The summed E-state index contributed by atoms with van der Waals surface area (Å²) in [5.41, 5.74) is 10.5. The molecule has 8 aromatic carbocycles. The Morgan fingerprint density at radius 2 is 1.07 bits per heavy atom. The SMILES string of the molecule is c1ccc(-c2nc(-c3ccccc3)nc(-c3ccc4sc5cccc(Cc6ccc7oc8c(-n9c%10ccccc%10c%10ccccc%109)cccc8c7c6)c5c4c3)n2)cc1. The van der Waals surface area contributed by atoms with E-state index in [1.165, 1.54) is 53.1 Å². The molecule has 12 rings (SSSR count). The summed E-state index contributed by atoms with van der Waals surface area (Å²) < 4.78 is 11.6. The lowest BCUT2D eigenvalue weighted by atomic mass is 9.97. The first-order valence-corrected chi connectivity index (χ1v) is 20.3. The quantitative estimate of drug-likeness (QED) is 0.169. The third kappa shape index (κ3) is 5.26. The Kier molecular flexibility index (Phi) is 7.40. The molecule has 0 fully saturated rings. The van der Waals surface area contributed by atoms with E-state index in [0.717, 1.165) is 50.7 Å². The zero-order chi connectivity index (χ0) is 38.2. The van der Waals surface area contributed by atoms with Crippen LogP contribution in [0.15, 0.2) is 186 Å². The highest BCUT2D eigenvalue weighted by molar-refractivity contribution is 7.25. The normalized spacial score (nSPS) is 11.9. The second kappa shape index (κ2) is 13.1. The second-order valence-electron chi connectivity index (χ2n) is 14.8. The molecule has 5 nitrogen and oxygen atoms in total. The average molecular weight is 761 g/mol. The topological polar surface area (TPSA) is 56.7 Å². The van der Waals surface area contributed by atoms with E-state index in [9.17, 15) is 0 Å². The van der Waals surface area contributed by atoms with Gasteiger partial charge in [0.2, 0.25) is 0 Å². The van der Waals surface area contributed by atoms with E-state index in [1.807, 2.05) is 72.0 Å². The number of hydrogen-bond donors (Lipinski definition) is 0. The first-order valence-electron chi connectivity index (χ1n) is 19.5. The third-order valence-corrected chi connectivity index (χ3v) is 12.4. The number of fused-ring (bicyclic) bond motifs is 9. The molecule has 0 aliphatic heterocycles. The van der Waals surface area contributed by atoms with Crippen LogP contribution in [-0.4, -0.2) is 19.5 Å². The number of nitrogens with zero attached hydrogens (tertiary/aromatic N) is 4. The molecule has 4 aromatic heterocycles.